The maximum Gasteiger partial charge on any atom is 0.146 e. The van der Waals surface area contributed by atoms with E-state index in [1.807, 2.05) is 37.3 Å². The molecule has 0 aliphatic heterocycles. The van der Waals surface area contributed by atoms with E-state index in [9.17, 15) is 4.39 Å². The van der Waals surface area contributed by atoms with Gasteiger partial charge in [-0.1, -0.05) is 30.3 Å². The van der Waals surface area contributed by atoms with Gasteiger partial charge in [0.2, 0.25) is 0 Å². The minimum atomic E-state index is -0.233. The van der Waals surface area contributed by atoms with Crippen molar-refractivity contribution in [2.75, 3.05) is 0 Å². The van der Waals surface area contributed by atoms with Crippen molar-refractivity contribution in [3.63, 3.8) is 0 Å². The third-order valence-electron chi connectivity index (χ3n) is 2.47. The zero-order chi connectivity index (χ0) is 11.7. The molecule has 0 spiro atoms. The van der Waals surface area contributed by atoms with Gasteiger partial charge in [0.1, 0.15) is 5.82 Å². The van der Waals surface area contributed by atoms with Crippen LogP contribution in [0.2, 0.25) is 0 Å². The minimum absolute atomic E-state index is 0.233. The zero-order valence-corrected chi connectivity index (χ0v) is 11.8. The number of hydrogen-bond donors (Lipinski definition) is 0. The molecule has 2 aromatic rings. The van der Waals surface area contributed by atoms with Crippen molar-refractivity contribution in [1.29, 1.82) is 0 Å². The second-order valence-electron chi connectivity index (χ2n) is 3.54. The van der Waals surface area contributed by atoms with Crippen LogP contribution < -0.4 is 0 Å². The second-order valence-corrected chi connectivity index (χ2v) is 5.19. The van der Waals surface area contributed by atoms with Crippen LogP contribution in [0.15, 0.2) is 45.3 Å². The summed E-state index contributed by atoms with van der Waals surface area (Å²) < 4.78 is 15.2. The maximum absolute atomic E-state index is 14.1. The molecule has 0 amide bonds. The van der Waals surface area contributed by atoms with Crippen molar-refractivity contribution in [1.82, 2.24) is 0 Å². The smallest absolute Gasteiger partial charge is 0.146 e. The zero-order valence-electron chi connectivity index (χ0n) is 8.60. The molecule has 82 valence electrons. The van der Waals surface area contributed by atoms with E-state index in [2.05, 4.69) is 31.9 Å². The lowest BCUT2D eigenvalue weighted by atomic mass is 10.0. The highest BCUT2D eigenvalue weighted by Gasteiger charge is 2.12. The van der Waals surface area contributed by atoms with Gasteiger partial charge in [-0.15, -0.1) is 0 Å². The van der Waals surface area contributed by atoms with Gasteiger partial charge in [0, 0.05) is 10.0 Å². The molecule has 0 saturated heterocycles. The average Bonchev–Trinajstić information content (AvgIpc) is 2.28. The van der Waals surface area contributed by atoms with Gasteiger partial charge in [0.05, 0.1) is 4.47 Å². The molecule has 0 aromatic heterocycles. The maximum atomic E-state index is 14.1. The quantitative estimate of drug-likeness (QED) is 0.614. The molecule has 2 rings (SSSR count). The molecule has 0 saturated carbocycles. The molecule has 0 radical (unpaired) electrons. The van der Waals surface area contributed by atoms with Gasteiger partial charge >= 0.3 is 0 Å². The van der Waals surface area contributed by atoms with Crippen LogP contribution in [0.4, 0.5) is 4.39 Å². The van der Waals surface area contributed by atoms with E-state index in [4.69, 9.17) is 0 Å². The molecule has 0 N–H and O–H groups in total. The molecule has 0 aliphatic carbocycles. The van der Waals surface area contributed by atoms with Gasteiger partial charge in [-0.2, -0.15) is 0 Å². The number of halogens is 3. The Hall–Kier alpha value is -0.670. The fourth-order valence-corrected chi connectivity index (χ4v) is 2.26. The third kappa shape index (κ3) is 2.06. The van der Waals surface area contributed by atoms with Crippen molar-refractivity contribution in [3.8, 4) is 11.1 Å². The molecular weight excluding hydrogens is 335 g/mol. The molecule has 2 aromatic carbocycles. The molecule has 0 nitrogen and oxygen atoms in total. The summed E-state index contributed by atoms with van der Waals surface area (Å²) in [6.07, 6.45) is 0. The molecule has 0 aliphatic rings. The van der Waals surface area contributed by atoms with Crippen molar-refractivity contribution in [3.05, 3.63) is 56.7 Å². The van der Waals surface area contributed by atoms with Crippen molar-refractivity contribution in [2.24, 2.45) is 0 Å². The lowest BCUT2D eigenvalue weighted by Gasteiger charge is -2.09. The van der Waals surface area contributed by atoms with E-state index in [0.29, 0.717) is 10.0 Å². The van der Waals surface area contributed by atoms with Crippen LogP contribution in [0.5, 0.6) is 0 Å². The first-order valence-electron chi connectivity index (χ1n) is 4.80. The summed E-state index contributed by atoms with van der Waals surface area (Å²) in [7, 11) is 0. The Balaban J connectivity index is 2.66. The van der Waals surface area contributed by atoms with Crippen LogP contribution in [0.3, 0.4) is 0 Å². The fourth-order valence-electron chi connectivity index (χ4n) is 1.61. The SMILES string of the molecule is Cc1ccccc1-c1ccc(Br)c(Br)c1F. The van der Waals surface area contributed by atoms with E-state index in [0.717, 1.165) is 15.6 Å². The minimum Gasteiger partial charge on any atom is -0.205 e. The molecule has 0 fully saturated rings. The molecule has 0 bridgehead atoms. The topological polar surface area (TPSA) is 0 Å². The first kappa shape index (κ1) is 11.8. The van der Waals surface area contributed by atoms with Crippen LogP contribution in [-0.4, -0.2) is 0 Å². The number of hydrogen-bond acceptors (Lipinski definition) is 0. The van der Waals surface area contributed by atoms with Crippen molar-refractivity contribution in [2.45, 2.75) is 6.92 Å². The summed E-state index contributed by atoms with van der Waals surface area (Å²) in [5.41, 5.74) is 2.61. The van der Waals surface area contributed by atoms with Gasteiger partial charge in [0.25, 0.3) is 0 Å². The summed E-state index contributed by atoms with van der Waals surface area (Å²) in [4.78, 5) is 0. The van der Waals surface area contributed by atoms with Gasteiger partial charge in [-0.25, -0.2) is 4.39 Å². The summed E-state index contributed by atoms with van der Waals surface area (Å²) in [5.74, 6) is -0.233. The molecule has 0 atom stereocenters. The number of aryl methyl sites for hydroxylation is 1. The van der Waals surface area contributed by atoms with Crippen LogP contribution in [0.1, 0.15) is 5.56 Å². The highest BCUT2D eigenvalue weighted by Crippen LogP contribution is 2.34. The normalized spacial score (nSPS) is 10.5. The first-order valence-corrected chi connectivity index (χ1v) is 6.39. The lowest BCUT2D eigenvalue weighted by molar-refractivity contribution is 0.623. The molecule has 0 unspecified atom stereocenters. The average molecular weight is 344 g/mol. The predicted octanol–water partition coefficient (Wildman–Crippen LogP) is 5.33. The van der Waals surface area contributed by atoms with Crippen molar-refractivity contribution >= 4 is 31.9 Å². The Kier molecular flexibility index (Phi) is 3.45. The largest absolute Gasteiger partial charge is 0.205 e. The Morgan fingerprint density at radius 1 is 0.938 bits per heavy atom. The van der Waals surface area contributed by atoms with Crippen LogP contribution in [0.25, 0.3) is 11.1 Å². The predicted molar refractivity (Wildman–Crippen MR) is 72.0 cm³/mol. The molecule has 16 heavy (non-hydrogen) atoms. The Labute approximate surface area is 111 Å². The number of benzene rings is 2. The molecule has 0 heterocycles. The number of rotatable bonds is 1. The second kappa shape index (κ2) is 4.68. The van der Waals surface area contributed by atoms with Gasteiger partial charge in [-0.3, -0.25) is 0 Å². The highest BCUT2D eigenvalue weighted by atomic mass is 79.9. The van der Waals surface area contributed by atoms with Gasteiger partial charge < -0.3 is 0 Å². The summed E-state index contributed by atoms with van der Waals surface area (Å²) in [6.45, 7) is 1.98. The standard InChI is InChI=1S/C13H9Br2F/c1-8-4-2-3-5-9(8)10-6-7-11(14)12(15)13(10)16/h2-7H,1H3. The lowest BCUT2D eigenvalue weighted by Crippen LogP contribution is -1.89. The molecular formula is C13H9Br2F. The summed E-state index contributed by atoms with van der Waals surface area (Å²) >= 11 is 6.51. The van der Waals surface area contributed by atoms with Gasteiger partial charge in [0.15, 0.2) is 0 Å². The highest BCUT2D eigenvalue weighted by molar-refractivity contribution is 9.13. The van der Waals surface area contributed by atoms with Crippen LogP contribution in [-0.2, 0) is 0 Å². The van der Waals surface area contributed by atoms with Crippen LogP contribution in [0, 0.1) is 12.7 Å². The third-order valence-corrected chi connectivity index (χ3v) is 4.44. The van der Waals surface area contributed by atoms with E-state index in [-0.39, 0.29) is 5.82 Å². The molecule has 3 heteroatoms. The monoisotopic (exact) mass is 342 g/mol. The van der Waals surface area contributed by atoms with Crippen molar-refractivity contribution < 1.29 is 4.39 Å². The first-order chi connectivity index (χ1) is 7.61. The van der Waals surface area contributed by atoms with Crippen LogP contribution >= 0.6 is 31.9 Å². The Bertz CT molecular complexity index is 535. The Morgan fingerprint density at radius 2 is 1.62 bits per heavy atom. The Morgan fingerprint density at radius 3 is 2.31 bits per heavy atom. The fraction of sp³-hybridized carbons (Fsp3) is 0.0769. The summed E-state index contributed by atoms with van der Waals surface area (Å²) in [6, 6.07) is 11.4. The van der Waals surface area contributed by atoms with E-state index >= 15 is 0 Å². The van der Waals surface area contributed by atoms with E-state index in [1.165, 1.54) is 0 Å². The van der Waals surface area contributed by atoms with E-state index < -0.39 is 0 Å². The van der Waals surface area contributed by atoms with E-state index in [1.54, 1.807) is 6.07 Å². The summed E-state index contributed by atoms with van der Waals surface area (Å²) in [5, 5.41) is 0. The van der Waals surface area contributed by atoms with Gasteiger partial charge in [-0.05, 0) is 56.0 Å².